The molecule has 1 N–H and O–H groups in total. The van der Waals surface area contributed by atoms with Crippen molar-refractivity contribution in [2.75, 3.05) is 38.5 Å². The molecule has 1 aromatic carbocycles. The van der Waals surface area contributed by atoms with Crippen LogP contribution in [0.15, 0.2) is 30.3 Å². The molecule has 1 fully saturated rings. The van der Waals surface area contributed by atoms with Crippen LogP contribution in [0.5, 0.6) is 0 Å². The van der Waals surface area contributed by atoms with Gasteiger partial charge in [0.1, 0.15) is 0 Å². The Kier molecular flexibility index (Phi) is 5.06. The smallest absolute Gasteiger partial charge is 0.323 e. The molecule has 1 aliphatic heterocycles. The molecular formula is C17H22ClN5O. The van der Waals surface area contributed by atoms with E-state index >= 15 is 0 Å². The fourth-order valence-corrected chi connectivity index (χ4v) is 3.03. The molecule has 1 saturated heterocycles. The van der Waals surface area contributed by atoms with Crippen LogP contribution in [0.4, 0.5) is 10.6 Å². The summed E-state index contributed by atoms with van der Waals surface area (Å²) in [7, 11) is 2.08. The zero-order chi connectivity index (χ0) is 17.1. The van der Waals surface area contributed by atoms with E-state index < -0.39 is 0 Å². The summed E-state index contributed by atoms with van der Waals surface area (Å²) in [4.78, 5) is 16.5. The van der Waals surface area contributed by atoms with E-state index in [4.69, 9.17) is 11.6 Å². The molecule has 2 amide bonds. The van der Waals surface area contributed by atoms with Crippen molar-refractivity contribution in [1.29, 1.82) is 0 Å². The van der Waals surface area contributed by atoms with Gasteiger partial charge in [0.05, 0.1) is 5.69 Å². The molecule has 0 spiro atoms. The minimum Gasteiger partial charge on any atom is -0.323 e. The maximum absolute atomic E-state index is 12.5. The number of carbonyl (C=O) groups excluding carboxylic acids is 1. The molecule has 0 bridgehead atoms. The van der Waals surface area contributed by atoms with Gasteiger partial charge < -0.3 is 9.80 Å². The van der Waals surface area contributed by atoms with E-state index in [9.17, 15) is 4.79 Å². The van der Waals surface area contributed by atoms with Crippen LogP contribution in [0, 0.1) is 6.92 Å². The third kappa shape index (κ3) is 3.88. The Morgan fingerprint density at radius 3 is 2.83 bits per heavy atom. The van der Waals surface area contributed by atoms with Gasteiger partial charge in [0.2, 0.25) is 0 Å². The molecular weight excluding hydrogens is 326 g/mol. The summed E-state index contributed by atoms with van der Waals surface area (Å²) in [6.45, 7) is 5.36. The van der Waals surface area contributed by atoms with Gasteiger partial charge in [-0.3, -0.25) is 5.32 Å². The number of aromatic nitrogens is 2. The van der Waals surface area contributed by atoms with E-state index in [0.29, 0.717) is 10.8 Å². The fourth-order valence-electron chi connectivity index (χ4n) is 2.84. The van der Waals surface area contributed by atoms with Crippen molar-refractivity contribution < 1.29 is 4.79 Å². The van der Waals surface area contributed by atoms with Crippen LogP contribution in [0.2, 0.25) is 5.02 Å². The van der Waals surface area contributed by atoms with E-state index in [1.165, 1.54) is 0 Å². The summed E-state index contributed by atoms with van der Waals surface area (Å²) < 4.78 is 1.78. The lowest BCUT2D eigenvalue weighted by Crippen LogP contribution is -2.37. The Bertz CT molecular complexity index is 730. The molecule has 0 saturated carbocycles. The summed E-state index contributed by atoms with van der Waals surface area (Å²) in [6, 6.07) is 9.25. The minimum atomic E-state index is -0.0963. The molecule has 1 aliphatic rings. The van der Waals surface area contributed by atoms with E-state index in [-0.39, 0.29) is 6.03 Å². The molecule has 2 heterocycles. The van der Waals surface area contributed by atoms with Crippen LogP contribution in [0.25, 0.3) is 5.69 Å². The molecule has 0 unspecified atom stereocenters. The zero-order valence-electron chi connectivity index (χ0n) is 14.0. The minimum absolute atomic E-state index is 0.0963. The second-order valence-corrected chi connectivity index (χ2v) is 6.57. The number of nitrogens with zero attached hydrogens (tertiary/aromatic N) is 4. The van der Waals surface area contributed by atoms with Crippen molar-refractivity contribution in [3.05, 3.63) is 41.0 Å². The third-order valence-corrected chi connectivity index (χ3v) is 4.42. The van der Waals surface area contributed by atoms with Gasteiger partial charge in [-0.1, -0.05) is 17.7 Å². The van der Waals surface area contributed by atoms with E-state index in [0.717, 1.165) is 44.0 Å². The normalized spacial score (nSPS) is 16.0. The largest absolute Gasteiger partial charge is 0.323 e. The van der Waals surface area contributed by atoms with Gasteiger partial charge in [0.15, 0.2) is 5.82 Å². The maximum Gasteiger partial charge on any atom is 0.323 e. The standard InChI is InChI=1S/C17H22ClN5O/c1-13-11-16(20-23(13)15-6-3-5-14(18)12-15)19-17(24)22-8-4-7-21(2)9-10-22/h3,5-6,11-12H,4,7-10H2,1-2H3,(H,19,20,24). The lowest BCUT2D eigenvalue weighted by atomic mass is 10.3. The number of aryl methyl sites for hydroxylation is 1. The van der Waals surface area contributed by atoms with Gasteiger partial charge in [-0.05, 0) is 45.1 Å². The zero-order valence-corrected chi connectivity index (χ0v) is 14.8. The number of hydrogen-bond acceptors (Lipinski definition) is 3. The Balaban J connectivity index is 1.72. The Hall–Kier alpha value is -2.05. The number of halogens is 1. The van der Waals surface area contributed by atoms with Crippen LogP contribution < -0.4 is 5.32 Å². The first-order valence-corrected chi connectivity index (χ1v) is 8.48. The van der Waals surface area contributed by atoms with Gasteiger partial charge in [-0.2, -0.15) is 0 Å². The van der Waals surface area contributed by atoms with Crippen LogP contribution in [-0.4, -0.2) is 58.8 Å². The molecule has 1 aromatic heterocycles. The highest BCUT2D eigenvalue weighted by atomic mass is 35.5. The Labute approximate surface area is 147 Å². The number of anilines is 1. The number of nitrogens with one attached hydrogen (secondary N) is 1. The first-order chi connectivity index (χ1) is 11.5. The average Bonchev–Trinajstić information content (AvgIpc) is 2.76. The van der Waals surface area contributed by atoms with Crippen molar-refractivity contribution >= 4 is 23.4 Å². The highest BCUT2D eigenvalue weighted by molar-refractivity contribution is 6.30. The van der Waals surface area contributed by atoms with Crippen molar-refractivity contribution in [2.24, 2.45) is 0 Å². The van der Waals surface area contributed by atoms with Gasteiger partial charge in [0, 0.05) is 36.4 Å². The number of benzene rings is 1. The molecule has 7 heteroatoms. The van der Waals surface area contributed by atoms with Gasteiger partial charge >= 0.3 is 6.03 Å². The summed E-state index contributed by atoms with van der Waals surface area (Å²) in [5.74, 6) is 0.551. The van der Waals surface area contributed by atoms with Gasteiger partial charge in [0.25, 0.3) is 0 Å². The number of carbonyl (C=O) groups is 1. The van der Waals surface area contributed by atoms with Crippen LogP contribution in [0.3, 0.4) is 0 Å². The van der Waals surface area contributed by atoms with Crippen molar-refractivity contribution in [1.82, 2.24) is 19.6 Å². The predicted molar refractivity (Wildman–Crippen MR) is 96.0 cm³/mol. The average molecular weight is 348 g/mol. The van der Waals surface area contributed by atoms with Crippen LogP contribution in [0.1, 0.15) is 12.1 Å². The number of hydrogen-bond donors (Lipinski definition) is 1. The van der Waals surface area contributed by atoms with E-state index in [1.807, 2.05) is 42.2 Å². The molecule has 128 valence electrons. The monoisotopic (exact) mass is 347 g/mol. The first kappa shape index (κ1) is 16.8. The molecule has 0 radical (unpaired) electrons. The van der Waals surface area contributed by atoms with Crippen molar-refractivity contribution in [3.8, 4) is 5.69 Å². The second kappa shape index (κ2) is 7.23. The van der Waals surface area contributed by atoms with Gasteiger partial charge in [-0.15, -0.1) is 5.10 Å². The van der Waals surface area contributed by atoms with Gasteiger partial charge in [-0.25, -0.2) is 9.48 Å². The maximum atomic E-state index is 12.5. The topological polar surface area (TPSA) is 53.4 Å². The molecule has 2 aromatic rings. The summed E-state index contributed by atoms with van der Waals surface area (Å²) >= 11 is 6.05. The predicted octanol–water partition coefficient (Wildman–Crippen LogP) is 3.00. The van der Waals surface area contributed by atoms with E-state index in [2.05, 4.69) is 22.4 Å². The quantitative estimate of drug-likeness (QED) is 0.908. The highest BCUT2D eigenvalue weighted by Gasteiger charge is 2.18. The summed E-state index contributed by atoms with van der Waals surface area (Å²) in [5.41, 5.74) is 1.81. The van der Waals surface area contributed by atoms with Crippen LogP contribution in [-0.2, 0) is 0 Å². The lowest BCUT2D eigenvalue weighted by Gasteiger charge is -2.20. The second-order valence-electron chi connectivity index (χ2n) is 6.14. The number of amides is 2. The molecule has 3 rings (SSSR count). The van der Waals surface area contributed by atoms with Crippen molar-refractivity contribution in [3.63, 3.8) is 0 Å². The van der Waals surface area contributed by atoms with E-state index in [1.54, 1.807) is 4.68 Å². The Morgan fingerprint density at radius 2 is 2.04 bits per heavy atom. The van der Waals surface area contributed by atoms with Crippen LogP contribution >= 0.6 is 11.6 Å². The highest BCUT2D eigenvalue weighted by Crippen LogP contribution is 2.18. The lowest BCUT2D eigenvalue weighted by molar-refractivity contribution is 0.213. The third-order valence-electron chi connectivity index (χ3n) is 4.18. The summed E-state index contributed by atoms with van der Waals surface area (Å²) in [5, 5.41) is 8.04. The fraction of sp³-hybridized carbons (Fsp3) is 0.412. The molecule has 0 atom stereocenters. The number of urea groups is 1. The van der Waals surface area contributed by atoms with Crippen molar-refractivity contribution in [2.45, 2.75) is 13.3 Å². The molecule has 24 heavy (non-hydrogen) atoms. The first-order valence-electron chi connectivity index (χ1n) is 8.10. The molecule has 0 aliphatic carbocycles. The number of rotatable bonds is 2. The molecule has 6 nitrogen and oxygen atoms in total. The SMILES string of the molecule is Cc1cc(NC(=O)N2CCCN(C)CC2)nn1-c1cccc(Cl)c1. The number of likely N-dealkylation sites (N-methyl/N-ethyl adjacent to an activating group) is 1. The summed E-state index contributed by atoms with van der Waals surface area (Å²) in [6.07, 6.45) is 0.986. The Morgan fingerprint density at radius 1 is 1.21 bits per heavy atom.